The molecule has 1 aliphatic carbocycles. The Morgan fingerprint density at radius 2 is 2.21 bits per heavy atom. The first-order chi connectivity index (χ1) is 9.22. The van der Waals surface area contributed by atoms with Crippen LogP contribution in [0.25, 0.3) is 11.3 Å². The Hall–Kier alpha value is -2.10. The lowest BCUT2D eigenvalue weighted by atomic mass is 9.93. The Kier molecular flexibility index (Phi) is 3.07. The van der Waals surface area contributed by atoms with Crippen LogP contribution in [-0.2, 0) is 0 Å². The summed E-state index contributed by atoms with van der Waals surface area (Å²) in [4.78, 5) is 11.9. The molecule has 1 N–H and O–H groups in total. The average Bonchev–Trinajstić information content (AvgIpc) is 2.83. The Morgan fingerprint density at radius 1 is 1.37 bits per heavy atom. The Labute approximate surface area is 111 Å². The maximum atomic E-state index is 11.9. The molecule has 1 amide bonds. The van der Waals surface area contributed by atoms with Crippen molar-refractivity contribution in [3.8, 4) is 11.3 Å². The lowest BCUT2D eigenvalue weighted by Gasteiger charge is -2.25. The van der Waals surface area contributed by atoms with Gasteiger partial charge in [-0.1, -0.05) is 28.9 Å². The lowest BCUT2D eigenvalue weighted by Crippen LogP contribution is -2.39. The number of rotatable bonds is 3. The highest BCUT2D eigenvalue weighted by Crippen LogP contribution is 2.22. The van der Waals surface area contributed by atoms with E-state index in [-0.39, 0.29) is 5.91 Å². The van der Waals surface area contributed by atoms with Crippen molar-refractivity contribution in [1.29, 1.82) is 0 Å². The van der Waals surface area contributed by atoms with Crippen molar-refractivity contribution in [2.75, 3.05) is 0 Å². The summed E-state index contributed by atoms with van der Waals surface area (Å²) < 4.78 is 5.25. The Balaban J connectivity index is 1.77. The molecule has 1 fully saturated rings. The van der Waals surface area contributed by atoms with Crippen LogP contribution in [0, 0.1) is 6.92 Å². The van der Waals surface area contributed by atoms with Gasteiger partial charge < -0.3 is 9.84 Å². The van der Waals surface area contributed by atoms with Gasteiger partial charge in [-0.25, -0.2) is 0 Å². The van der Waals surface area contributed by atoms with E-state index in [1.54, 1.807) is 6.07 Å². The monoisotopic (exact) mass is 256 g/mol. The summed E-state index contributed by atoms with van der Waals surface area (Å²) in [5, 5.41) is 6.79. The number of amides is 1. The molecule has 2 aromatic rings. The zero-order valence-electron chi connectivity index (χ0n) is 10.8. The van der Waals surface area contributed by atoms with Crippen molar-refractivity contribution in [2.24, 2.45) is 0 Å². The van der Waals surface area contributed by atoms with Crippen LogP contribution in [0.4, 0.5) is 0 Å². The molecule has 0 radical (unpaired) electrons. The Bertz CT molecular complexity index is 600. The standard InChI is InChI=1S/C15H16N2O2/c1-10-4-2-5-11(8-10)14-9-13(17-19-14)15(18)16-12-6-3-7-12/h2,4-5,8-9,12H,3,6-7H2,1H3,(H,16,18). The molecule has 0 atom stereocenters. The van der Waals surface area contributed by atoms with E-state index >= 15 is 0 Å². The van der Waals surface area contributed by atoms with Crippen molar-refractivity contribution >= 4 is 5.91 Å². The predicted octanol–water partition coefficient (Wildman–Crippen LogP) is 2.93. The SMILES string of the molecule is Cc1cccc(-c2cc(C(=O)NC3CCC3)no2)c1. The molecule has 0 bridgehead atoms. The van der Waals surface area contributed by atoms with Crippen molar-refractivity contribution in [3.05, 3.63) is 41.6 Å². The van der Waals surface area contributed by atoms with Crippen LogP contribution >= 0.6 is 0 Å². The lowest BCUT2D eigenvalue weighted by molar-refractivity contribution is 0.0908. The van der Waals surface area contributed by atoms with E-state index in [9.17, 15) is 4.79 Å². The van der Waals surface area contributed by atoms with E-state index in [1.807, 2.05) is 31.2 Å². The molecule has 1 aromatic heterocycles. The number of nitrogens with one attached hydrogen (secondary N) is 1. The minimum Gasteiger partial charge on any atom is -0.355 e. The van der Waals surface area contributed by atoms with Gasteiger partial charge in [-0.15, -0.1) is 0 Å². The normalized spacial score (nSPS) is 15.0. The van der Waals surface area contributed by atoms with E-state index in [0.29, 0.717) is 17.5 Å². The molecule has 19 heavy (non-hydrogen) atoms. The number of hydrogen-bond acceptors (Lipinski definition) is 3. The van der Waals surface area contributed by atoms with Gasteiger partial charge in [0.1, 0.15) is 0 Å². The van der Waals surface area contributed by atoms with Gasteiger partial charge in [0.2, 0.25) is 0 Å². The second-order valence-corrected chi connectivity index (χ2v) is 5.05. The first kappa shape index (κ1) is 12.0. The molecule has 1 aliphatic rings. The van der Waals surface area contributed by atoms with Crippen LogP contribution in [-0.4, -0.2) is 17.1 Å². The summed E-state index contributed by atoms with van der Waals surface area (Å²) in [6, 6.07) is 9.94. The minimum absolute atomic E-state index is 0.146. The third-order valence-corrected chi connectivity index (χ3v) is 3.49. The molecule has 4 heteroatoms. The van der Waals surface area contributed by atoms with Gasteiger partial charge in [-0.2, -0.15) is 0 Å². The molecule has 1 saturated carbocycles. The molecule has 1 heterocycles. The van der Waals surface area contributed by atoms with E-state index in [4.69, 9.17) is 4.52 Å². The van der Waals surface area contributed by atoms with E-state index in [1.165, 1.54) is 6.42 Å². The third kappa shape index (κ3) is 2.52. The first-order valence-electron chi connectivity index (χ1n) is 6.57. The summed E-state index contributed by atoms with van der Waals surface area (Å²) in [5.41, 5.74) is 2.44. The number of aryl methyl sites for hydroxylation is 1. The zero-order chi connectivity index (χ0) is 13.2. The fourth-order valence-electron chi connectivity index (χ4n) is 2.13. The minimum atomic E-state index is -0.146. The number of carbonyl (C=O) groups excluding carboxylic acids is 1. The summed E-state index contributed by atoms with van der Waals surface area (Å²) in [6.07, 6.45) is 3.32. The summed E-state index contributed by atoms with van der Waals surface area (Å²) in [7, 11) is 0. The van der Waals surface area contributed by atoms with Crippen molar-refractivity contribution < 1.29 is 9.32 Å². The highest BCUT2D eigenvalue weighted by atomic mass is 16.5. The molecular formula is C15H16N2O2. The Morgan fingerprint density at radius 3 is 2.89 bits per heavy atom. The van der Waals surface area contributed by atoms with Crippen LogP contribution in [0.1, 0.15) is 35.3 Å². The van der Waals surface area contributed by atoms with Gasteiger partial charge in [0, 0.05) is 17.7 Å². The third-order valence-electron chi connectivity index (χ3n) is 3.49. The summed E-state index contributed by atoms with van der Waals surface area (Å²) >= 11 is 0. The summed E-state index contributed by atoms with van der Waals surface area (Å²) in [6.45, 7) is 2.02. The number of hydrogen-bond donors (Lipinski definition) is 1. The maximum Gasteiger partial charge on any atom is 0.273 e. The number of carbonyl (C=O) groups is 1. The van der Waals surface area contributed by atoms with E-state index < -0.39 is 0 Å². The number of nitrogens with zero attached hydrogens (tertiary/aromatic N) is 1. The van der Waals surface area contributed by atoms with Crippen molar-refractivity contribution in [1.82, 2.24) is 10.5 Å². The molecule has 1 aromatic carbocycles. The largest absolute Gasteiger partial charge is 0.355 e. The molecule has 0 saturated heterocycles. The quantitative estimate of drug-likeness (QED) is 0.918. The molecule has 4 nitrogen and oxygen atoms in total. The van der Waals surface area contributed by atoms with E-state index in [0.717, 1.165) is 24.0 Å². The van der Waals surface area contributed by atoms with Crippen molar-refractivity contribution in [2.45, 2.75) is 32.2 Å². The van der Waals surface area contributed by atoms with Gasteiger partial charge >= 0.3 is 0 Å². The second kappa shape index (κ2) is 4.88. The number of benzene rings is 1. The molecule has 98 valence electrons. The maximum absolute atomic E-state index is 11.9. The molecule has 0 aliphatic heterocycles. The highest BCUT2D eigenvalue weighted by Gasteiger charge is 2.22. The van der Waals surface area contributed by atoms with Crippen LogP contribution in [0.3, 0.4) is 0 Å². The number of aromatic nitrogens is 1. The average molecular weight is 256 g/mol. The van der Waals surface area contributed by atoms with Gasteiger partial charge in [-0.05, 0) is 32.3 Å². The van der Waals surface area contributed by atoms with Crippen LogP contribution < -0.4 is 5.32 Å². The van der Waals surface area contributed by atoms with Gasteiger partial charge in [-0.3, -0.25) is 4.79 Å². The highest BCUT2D eigenvalue weighted by molar-refractivity contribution is 5.93. The smallest absolute Gasteiger partial charge is 0.273 e. The predicted molar refractivity (Wildman–Crippen MR) is 71.8 cm³/mol. The first-order valence-corrected chi connectivity index (χ1v) is 6.57. The fraction of sp³-hybridized carbons (Fsp3) is 0.333. The van der Waals surface area contributed by atoms with Crippen molar-refractivity contribution in [3.63, 3.8) is 0 Å². The topological polar surface area (TPSA) is 55.1 Å². The van der Waals surface area contributed by atoms with E-state index in [2.05, 4.69) is 10.5 Å². The molecule has 0 unspecified atom stereocenters. The molecular weight excluding hydrogens is 240 g/mol. The van der Waals surface area contributed by atoms with Crippen LogP contribution in [0.2, 0.25) is 0 Å². The molecule has 0 spiro atoms. The zero-order valence-corrected chi connectivity index (χ0v) is 10.8. The molecule has 3 rings (SSSR count). The van der Waals surface area contributed by atoms with Crippen LogP contribution in [0.5, 0.6) is 0 Å². The van der Waals surface area contributed by atoms with Gasteiger partial charge in [0.25, 0.3) is 5.91 Å². The summed E-state index contributed by atoms with van der Waals surface area (Å²) in [5.74, 6) is 0.481. The van der Waals surface area contributed by atoms with Crippen LogP contribution in [0.15, 0.2) is 34.9 Å². The second-order valence-electron chi connectivity index (χ2n) is 5.05. The van der Waals surface area contributed by atoms with Gasteiger partial charge in [0.15, 0.2) is 11.5 Å². The fourth-order valence-corrected chi connectivity index (χ4v) is 2.13. The van der Waals surface area contributed by atoms with Gasteiger partial charge in [0.05, 0.1) is 0 Å².